The summed E-state index contributed by atoms with van der Waals surface area (Å²) in [6, 6.07) is 45.3. The quantitative estimate of drug-likeness (QED) is 0.118. The van der Waals surface area contributed by atoms with Gasteiger partial charge >= 0.3 is 0 Å². The molecule has 8 rings (SSSR count). The maximum Gasteiger partial charge on any atom is 0.120 e. The molecule has 0 aliphatic carbocycles. The number of fused-ring (bicyclic) bond motifs is 3. The summed E-state index contributed by atoms with van der Waals surface area (Å²) in [4.78, 5) is 9.23. The second-order valence-corrected chi connectivity index (χ2v) is 21.5. The van der Waals surface area contributed by atoms with Crippen LogP contribution in [0, 0.1) is 24.4 Å². The molecule has 1 radical (unpaired) electrons. The van der Waals surface area contributed by atoms with Crippen molar-refractivity contribution in [2.75, 3.05) is 0 Å². The van der Waals surface area contributed by atoms with Crippen molar-refractivity contribution in [2.24, 2.45) is 5.41 Å². The van der Waals surface area contributed by atoms with Gasteiger partial charge in [-0.05, 0) is 69.1 Å². The first-order valence-electron chi connectivity index (χ1n) is 22.1. The van der Waals surface area contributed by atoms with E-state index in [2.05, 4.69) is 61.0 Å². The number of pyridine rings is 2. The van der Waals surface area contributed by atoms with E-state index in [0.29, 0.717) is 28.1 Å². The van der Waals surface area contributed by atoms with Gasteiger partial charge in [-0.2, -0.15) is 0 Å². The molecule has 0 fully saturated rings. The smallest absolute Gasteiger partial charge is 0.120 e. The van der Waals surface area contributed by atoms with Crippen LogP contribution in [-0.4, -0.2) is 18.0 Å². The average molecular weight is 947 g/mol. The number of aryl methyl sites for hydroxylation is 1. The molecule has 0 amide bonds. The zero-order valence-electron chi connectivity index (χ0n) is 39.8. The van der Waals surface area contributed by atoms with Gasteiger partial charge in [0, 0.05) is 46.1 Å². The maximum absolute atomic E-state index is 8.66. The van der Waals surface area contributed by atoms with Gasteiger partial charge in [0.2, 0.25) is 0 Å². The minimum Gasteiger partial charge on any atom is -0.501 e. The Balaban J connectivity index is 0.000000207. The molecule has 5 aromatic carbocycles. The molecule has 5 heteroatoms. The van der Waals surface area contributed by atoms with Gasteiger partial charge in [0.1, 0.15) is 5.58 Å². The summed E-state index contributed by atoms with van der Waals surface area (Å²) in [6.07, 6.45) is 2.06. The van der Waals surface area contributed by atoms with Gasteiger partial charge in [-0.25, -0.2) is 0 Å². The van der Waals surface area contributed by atoms with E-state index in [4.69, 9.17) is 17.6 Å². The molecule has 8 aromatic rings. The van der Waals surface area contributed by atoms with Gasteiger partial charge in [-0.3, -0.25) is 0 Å². The number of aromatic nitrogens is 2. The molecule has 3 aromatic heterocycles. The molecule has 0 saturated carbocycles. The Kier molecular flexibility index (Phi) is 10.3. The van der Waals surface area contributed by atoms with Crippen LogP contribution in [0.2, 0.25) is 19.6 Å². The van der Waals surface area contributed by atoms with Gasteiger partial charge < -0.3 is 14.4 Å². The van der Waals surface area contributed by atoms with Gasteiger partial charge in [0.25, 0.3) is 0 Å². The molecule has 0 atom stereocenters. The van der Waals surface area contributed by atoms with Gasteiger partial charge in [-0.1, -0.05) is 168 Å². The summed E-state index contributed by atoms with van der Waals surface area (Å²) in [5.74, 6) is -0.756. The first-order chi connectivity index (χ1) is 29.0. The van der Waals surface area contributed by atoms with Crippen LogP contribution in [0.5, 0.6) is 0 Å². The summed E-state index contributed by atoms with van der Waals surface area (Å²) < 4.78 is 56.0. The molecule has 0 spiro atoms. The van der Waals surface area contributed by atoms with Crippen molar-refractivity contribution in [1.29, 1.82) is 0 Å². The summed E-state index contributed by atoms with van der Waals surface area (Å²) in [7, 11) is -1.68. The van der Waals surface area contributed by atoms with Gasteiger partial charge in [0.15, 0.2) is 0 Å². The van der Waals surface area contributed by atoms with Crippen molar-refractivity contribution < 1.29 is 32.7 Å². The molecule has 0 unspecified atom stereocenters. The Hall–Kier alpha value is -4.93. The maximum atomic E-state index is 8.66. The first kappa shape index (κ1) is 34.1. The number of hydrogen-bond donors (Lipinski definition) is 0. The Bertz CT molecular complexity index is 2880. The summed E-state index contributed by atoms with van der Waals surface area (Å²) in [5, 5.41) is 3.21. The monoisotopic (exact) mass is 947 g/mol. The Morgan fingerprint density at radius 2 is 1.51 bits per heavy atom. The first-order valence-corrected chi connectivity index (χ1v) is 22.6. The SMILES string of the molecule is [2H]C([2H])([2H])c1c[c-]c(-c2cc(C([2H])(C)C)c([Si](C)(C)C)cn2)cc1-c1ccccc1.[2H]C([2H])(c1ccnc(-c2[c-]ccc3c2oc2ccc(-c4ccccc4)cc23)c1)C(C)(C)C.[Ir]. The Morgan fingerprint density at radius 1 is 0.789 bits per heavy atom. The van der Waals surface area contributed by atoms with Crippen LogP contribution in [0.3, 0.4) is 0 Å². The zero-order valence-corrected chi connectivity index (χ0v) is 37.2. The minimum absolute atomic E-state index is 0. The van der Waals surface area contributed by atoms with Crippen LogP contribution in [0.4, 0.5) is 0 Å². The number of furan rings is 1. The topological polar surface area (TPSA) is 38.9 Å². The third kappa shape index (κ3) is 9.62. The molecule has 291 valence electrons. The number of rotatable bonds is 7. The van der Waals surface area contributed by atoms with E-state index in [-0.39, 0.29) is 25.7 Å². The zero-order chi connectivity index (χ0) is 44.8. The molecule has 0 bridgehead atoms. The molecule has 3 nitrogen and oxygen atoms in total. The second-order valence-electron chi connectivity index (χ2n) is 16.5. The van der Waals surface area contributed by atoms with Crippen LogP contribution >= 0.6 is 0 Å². The standard InChI is InChI=1S/C28H24NO.C24H28NSi.Ir/c1-28(2,3)18-19-14-15-29-25(16-19)23-11-7-10-22-24-17-21(20-8-5-4-6-9-20)12-13-26(24)30-27(22)23;1-17(2)21-15-23(25-16-24(21)26(4,5)6)20-13-12-18(3)22(14-20)19-10-8-7-9-11-19;/h4-10,12-17H,18H2,1-3H3;7-12,14-17H,1-6H3;/q2*-1;/i18D2;3D3,17D;. The van der Waals surface area contributed by atoms with Gasteiger partial charge in [-0.15, -0.1) is 47.5 Å². The third-order valence-corrected chi connectivity index (χ3v) is 11.7. The molecular formula is C52H52IrN2OSi-2. The average Bonchev–Trinajstić information content (AvgIpc) is 3.61. The predicted octanol–water partition coefficient (Wildman–Crippen LogP) is 13.9. The Morgan fingerprint density at radius 3 is 2.18 bits per heavy atom. The van der Waals surface area contributed by atoms with Crippen molar-refractivity contribution in [3.05, 3.63) is 163 Å². The molecule has 0 aliphatic rings. The molecule has 57 heavy (non-hydrogen) atoms. The molecule has 0 aliphatic heterocycles. The normalized spacial score (nSPS) is 13.9. The van der Waals surface area contributed by atoms with E-state index < -0.39 is 32.6 Å². The Labute approximate surface area is 362 Å². The number of benzene rings is 5. The van der Waals surface area contributed by atoms with Gasteiger partial charge in [0.05, 0.1) is 13.7 Å². The van der Waals surface area contributed by atoms with Crippen LogP contribution < -0.4 is 5.19 Å². The molecule has 3 heterocycles. The van der Waals surface area contributed by atoms with Crippen molar-refractivity contribution >= 4 is 35.2 Å². The van der Waals surface area contributed by atoms with Crippen molar-refractivity contribution in [2.45, 2.75) is 73.4 Å². The van der Waals surface area contributed by atoms with E-state index in [1.807, 2.05) is 126 Å². The van der Waals surface area contributed by atoms with Crippen molar-refractivity contribution in [3.8, 4) is 44.8 Å². The van der Waals surface area contributed by atoms with Crippen LogP contribution in [0.1, 0.15) is 65.4 Å². The molecular weight excluding hydrogens is 889 g/mol. The van der Waals surface area contributed by atoms with Crippen LogP contribution in [0.25, 0.3) is 66.7 Å². The van der Waals surface area contributed by atoms with E-state index in [1.54, 1.807) is 18.3 Å². The third-order valence-electron chi connectivity index (χ3n) is 9.64. The van der Waals surface area contributed by atoms with E-state index in [9.17, 15) is 0 Å². The second kappa shape index (κ2) is 17.3. The molecule has 0 saturated heterocycles. The van der Waals surface area contributed by atoms with Crippen molar-refractivity contribution in [1.82, 2.24) is 9.97 Å². The number of hydrogen-bond acceptors (Lipinski definition) is 3. The van der Waals surface area contributed by atoms with E-state index in [1.165, 1.54) is 5.19 Å². The fourth-order valence-corrected chi connectivity index (χ4v) is 8.51. The summed E-state index contributed by atoms with van der Waals surface area (Å²) >= 11 is 0. The predicted molar refractivity (Wildman–Crippen MR) is 240 cm³/mol. The summed E-state index contributed by atoms with van der Waals surface area (Å²) in [6.45, 7) is 14.0. The van der Waals surface area contributed by atoms with Crippen molar-refractivity contribution in [3.63, 3.8) is 0 Å². The summed E-state index contributed by atoms with van der Waals surface area (Å²) in [5.41, 5.74) is 9.46. The van der Waals surface area contributed by atoms with E-state index >= 15 is 0 Å². The minimum atomic E-state index is -2.23. The van der Waals surface area contributed by atoms with Crippen LogP contribution in [0.15, 0.2) is 138 Å². The fraction of sp³-hybridized carbons (Fsp3) is 0.231. The van der Waals surface area contributed by atoms with E-state index in [0.717, 1.165) is 49.7 Å². The molecule has 0 N–H and O–H groups in total. The largest absolute Gasteiger partial charge is 0.501 e. The van der Waals surface area contributed by atoms with Crippen LogP contribution in [-0.2, 0) is 26.5 Å². The number of nitrogens with zero attached hydrogens (tertiary/aromatic N) is 2. The fourth-order valence-electron chi connectivity index (χ4n) is 6.93.